The summed E-state index contributed by atoms with van der Waals surface area (Å²) in [7, 11) is -1.68. The minimum atomic E-state index is -3.33. The first-order valence-electron chi connectivity index (χ1n) is 6.91. The average molecular weight is 277 g/mol. The summed E-state index contributed by atoms with van der Waals surface area (Å²) in [6.07, 6.45) is 4.12. The van der Waals surface area contributed by atoms with Crippen LogP contribution in [0.3, 0.4) is 0 Å². The van der Waals surface area contributed by atoms with Crippen LogP contribution in [0.1, 0.15) is 39.5 Å². The predicted octanol–water partition coefficient (Wildman–Crippen LogP) is 0.941. The molecular formula is C12H27N3O2S. The van der Waals surface area contributed by atoms with E-state index in [9.17, 15) is 8.42 Å². The van der Waals surface area contributed by atoms with Gasteiger partial charge in [-0.15, -0.1) is 0 Å². The summed E-state index contributed by atoms with van der Waals surface area (Å²) in [6, 6.07) is -0.00752. The maximum Gasteiger partial charge on any atom is 0.279 e. The van der Waals surface area contributed by atoms with E-state index in [2.05, 4.69) is 17.0 Å². The molecule has 0 radical (unpaired) electrons. The molecule has 0 amide bonds. The van der Waals surface area contributed by atoms with Crippen molar-refractivity contribution in [2.75, 3.05) is 26.7 Å². The van der Waals surface area contributed by atoms with Crippen molar-refractivity contribution in [3.05, 3.63) is 0 Å². The van der Waals surface area contributed by atoms with Crippen LogP contribution in [0.2, 0.25) is 0 Å². The second-order valence-electron chi connectivity index (χ2n) is 5.19. The SMILES string of the molecule is CCCCN(C)S(=O)(=O)NC(C)C1CCCNC1. The molecule has 1 rings (SSSR count). The van der Waals surface area contributed by atoms with E-state index in [0.29, 0.717) is 12.5 Å². The minimum Gasteiger partial charge on any atom is -0.316 e. The number of unbranched alkanes of at least 4 members (excludes halogenated alkanes) is 1. The summed E-state index contributed by atoms with van der Waals surface area (Å²) in [5, 5.41) is 3.32. The maximum absolute atomic E-state index is 12.1. The summed E-state index contributed by atoms with van der Waals surface area (Å²) in [6.45, 7) is 6.56. The zero-order valence-corrected chi connectivity index (χ0v) is 12.6. The zero-order valence-electron chi connectivity index (χ0n) is 11.8. The molecule has 1 fully saturated rings. The van der Waals surface area contributed by atoms with Crippen molar-refractivity contribution >= 4 is 10.2 Å². The highest BCUT2D eigenvalue weighted by Gasteiger charge is 2.26. The summed E-state index contributed by atoms with van der Waals surface area (Å²) in [4.78, 5) is 0. The molecule has 6 heteroatoms. The average Bonchev–Trinajstić information content (AvgIpc) is 2.36. The van der Waals surface area contributed by atoms with E-state index in [1.807, 2.05) is 6.92 Å². The van der Waals surface area contributed by atoms with Gasteiger partial charge in [0.05, 0.1) is 0 Å². The summed E-state index contributed by atoms with van der Waals surface area (Å²) in [5.41, 5.74) is 0. The number of hydrogen-bond acceptors (Lipinski definition) is 3. The van der Waals surface area contributed by atoms with Crippen LogP contribution in [0.15, 0.2) is 0 Å². The van der Waals surface area contributed by atoms with Crippen LogP contribution < -0.4 is 10.0 Å². The van der Waals surface area contributed by atoms with Gasteiger partial charge in [-0.05, 0) is 45.2 Å². The lowest BCUT2D eigenvalue weighted by Gasteiger charge is -2.30. The molecule has 1 aliphatic heterocycles. The molecule has 2 N–H and O–H groups in total. The van der Waals surface area contributed by atoms with Crippen molar-refractivity contribution in [2.24, 2.45) is 5.92 Å². The van der Waals surface area contributed by atoms with Gasteiger partial charge in [-0.2, -0.15) is 17.4 Å². The Morgan fingerprint density at radius 1 is 1.50 bits per heavy atom. The smallest absolute Gasteiger partial charge is 0.279 e. The number of rotatable bonds is 7. The molecule has 0 aromatic rings. The van der Waals surface area contributed by atoms with E-state index in [1.165, 1.54) is 4.31 Å². The fraction of sp³-hybridized carbons (Fsp3) is 1.00. The van der Waals surface area contributed by atoms with Gasteiger partial charge in [0.15, 0.2) is 0 Å². The standard InChI is InChI=1S/C12H27N3O2S/c1-4-5-9-15(3)18(16,17)14-11(2)12-7-6-8-13-10-12/h11-14H,4-10H2,1-3H3. The Kier molecular flexibility index (Phi) is 6.55. The number of nitrogens with one attached hydrogen (secondary N) is 2. The van der Waals surface area contributed by atoms with Crippen LogP contribution >= 0.6 is 0 Å². The molecule has 5 nitrogen and oxygen atoms in total. The Morgan fingerprint density at radius 3 is 2.78 bits per heavy atom. The molecule has 1 aliphatic rings. The van der Waals surface area contributed by atoms with Crippen LogP contribution in [-0.2, 0) is 10.2 Å². The molecule has 0 saturated carbocycles. The number of nitrogens with zero attached hydrogens (tertiary/aromatic N) is 1. The first-order chi connectivity index (χ1) is 8.47. The Balaban J connectivity index is 2.47. The van der Waals surface area contributed by atoms with Crippen LogP contribution in [0.5, 0.6) is 0 Å². The highest BCUT2D eigenvalue weighted by molar-refractivity contribution is 7.87. The van der Waals surface area contributed by atoms with Gasteiger partial charge >= 0.3 is 0 Å². The topological polar surface area (TPSA) is 61.4 Å². The van der Waals surface area contributed by atoms with Crippen molar-refractivity contribution < 1.29 is 8.42 Å². The van der Waals surface area contributed by atoms with Crippen molar-refractivity contribution in [3.63, 3.8) is 0 Å². The van der Waals surface area contributed by atoms with Gasteiger partial charge in [-0.1, -0.05) is 13.3 Å². The summed E-state index contributed by atoms with van der Waals surface area (Å²) < 4.78 is 28.4. The second-order valence-corrected chi connectivity index (χ2v) is 7.00. The second kappa shape index (κ2) is 7.43. The van der Waals surface area contributed by atoms with Crippen molar-refractivity contribution in [2.45, 2.75) is 45.6 Å². The van der Waals surface area contributed by atoms with Crippen LogP contribution in [-0.4, -0.2) is 45.4 Å². The predicted molar refractivity (Wildman–Crippen MR) is 74.6 cm³/mol. The van der Waals surface area contributed by atoms with Gasteiger partial charge in [0.2, 0.25) is 0 Å². The third-order valence-corrected chi connectivity index (χ3v) is 5.29. The third-order valence-electron chi connectivity index (χ3n) is 3.61. The lowest BCUT2D eigenvalue weighted by molar-refractivity contribution is 0.315. The Hall–Kier alpha value is -0.170. The molecule has 2 atom stereocenters. The van der Waals surface area contributed by atoms with Crippen LogP contribution in [0.4, 0.5) is 0 Å². The highest BCUT2D eigenvalue weighted by atomic mass is 32.2. The van der Waals surface area contributed by atoms with Gasteiger partial charge in [-0.25, -0.2) is 0 Å². The van der Waals surface area contributed by atoms with E-state index in [-0.39, 0.29) is 6.04 Å². The molecule has 2 unspecified atom stereocenters. The van der Waals surface area contributed by atoms with Crippen molar-refractivity contribution in [1.29, 1.82) is 0 Å². The molecule has 0 aliphatic carbocycles. The normalized spacial score (nSPS) is 23.2. The largest absolute Gasteiger partial charge is 0.316 e. The maximum atomic E-state index is 12.1. The monoisotopic (exact) mass is 277 g/mol. The van der Waals surface area contributed by atoms with Crippen molar-refractivity contribution in [1.82, 2.24) is 14.3 Å². The molecule has 0 spiro atoms. The zero-order chi connectivity index (χ0) is 13.6. The lowest BCUT2D eigenvalue weighted by atomic mass is 9.94. The summed E-state index contributed by atoms with van der Waals surface area (Å²) in [5.74, 6) is 0.396. The van der Waals surface area contributed by atoms with E-state index >= 15 is 0 Å². The highest BCUT2D eigenvalue weighted by Crippen LogP contribution is 2.15. The van der Waals surface area contributed by atoms with Crippen LogP contribution in [0, 0.1) is 5.92 Å². The Morgan fingerprint density at radius 2 is 2.22 bits per heavy atom. The Bertz CT molecular complexity index is 326. The van der Waals surface area contributed by atoms with Gasteiger partial charge in [0.25, 0.3) is 10.2 Å². The van der Waals surface area contributed by atoms with E-state index in [0.717, 1.165) is 38.8 Å². The quantitative estimate of drug-likeness (QED) is 0.728. The van der Waals surface area contributed by atoms with E-state index < -0.39 is 10.2 Å². The molecule has 0 aromatic heterocycles. The van der Waals surface area contributed by atoms with Crippen molar-refractivity contribution in [3.8, 4) is 0 Å². The van der Waals surface area contributed by atoms with Gasteiger partial charge in [0, 0.05) is 19.6 Å². The van der Waals surface area contributed by atoms with Gasteiger partial charge in [-0.3, -0.25) is 0 Å². The van der Waals surface area contributed by atoms with Gasteiger partial charge < -0.3 is 5.32 Å². The first kappa shape index (κ1) is 15.9. The fourth-order valence-corrected chi connectivity index (χ4v) is 3.44. The molecule has 108 valence electrons. The summed E-state index contributed by atoms with van der Waals surface area (Å²) >= 11 is 0. The first-order valence-corrected chi connectivity index (χ1v) is 8.35. The minimum absolute atomic E-state index is 0.00752. The van der Waals surface area contributed by atoms with Crippen LogP contribution in [0.25, 0.3) is 0 Å². The number of piperidine rings is 1. The molecule has 0 aromatic carbocycles. The third kappa shape index (κ3) is 4.84. The molecule has 18 heavy (non-hydrogen) atoms. The van der Waals surface area contributed by atoms with Gasteiger partial charge in [0.1, 0.15) is 0 Å². The molecular weight excluding hydrogens is 250 g/mol. The molecule has 1 saturated heterocycles. The lowest BCUT2D eigenvalue weighted by Crippen LogP contribution is -2.48. The Labute approximate surface area is 112 Å². The fourth-order valence-electron chi connectivity index (χ4n) is 2.23. The van der Waals surface area contributed by atoms with E-state index in [4.69, 9.17) is 0 Å². The molecule has 0 bridgehead atoms. The number of hydrogen-bond donors (Lipinski definition) is 2. The molecule has 1 heterocycles. The van der Waals surface area contributed by atoms with E-state index in [1.54, 1.807) is 7.05 Å².